The molecule has 1 heterocycles. The fourth-order valence-electron chi connectivity index (χ4n) is 3.70. The second-order valence-corrected chi connectivity index (χ2v) is 6.63. The standard InChI is InChI=1S/C16H28N2O3/c1-5-12-15(19)17-11(9-10(2)3)16(20)18(12)13-7-6-8-14(13)21-4/h10-14H,5-9H2,1-4H3,(H,17,19). The highest BCUT2D eigenvalue weighted by atomic mass is 16.5. The summed E-state index contributed by atoms with van der Waals surface area (Å²) in [7, 11) is 1.70. The molecule has 0 aromatic rings. The number of rotatable bonds is 5. The fourth-order valence-corrected chi connectivity index (χ4v) is 3.70. The lowest BCUT2D eigenvalue weighted by Crippen LogP contribution is -2.66. The minimum atomic E-state index is -0.376. The Bertz CT molecular complexity index is 397. The van der Waals surface area contributed by atoms with Crippen LogP contribution in [-0.2, 0) is 14.3 Å². The maximum absolute atomic E-state index is 12.9. The van der Waals surface area contributed by atoms with Crippen molar-refractivity contribution >= 4 is 11.8 Å². The molecule has 1 aliphatic heterocycles. The Morgan fingerprint density at radius 1 is 1.33 bits per heavy atom. The van der Waals surface area contributed by atoms with Crippen LogP contribution in [0.3, 0.4) is 0 Å². The van der Waals surface area contributed by atoms with Crippen LogP contribution in [0.2, 0.25) is 0 Å². The van der Waals surface area contributed by atoms with Crippen molar-refractivity contribution < 1.29 is 14.3 Å². The molecule has 2 rings (SSSR count). The molecule has 1 N–H and O–H groups in total. The highest BCUT2D eigenvalue weighted by molar-refractivity contribution is 5.97. The monoisotopic (exact) mass is 296 g/mol. The zero-order valence-electron chi connectivity index (χ0n) is 13.6. The number of nitrogens with one attached hydrogen (secondary N) is 1. The van der Waals surface area contributed by atoms with Gasteiger partial charge in [-0.15, -0.1) is 0 Å². The van der Waals surface area contributed by atoms with Gasteiger partial charge in [0.2, 0.25) is 11.8 Å². The SMILES string of the molecule is CCC1C(=O)NC(CC(C)C)C(=O)N1C1CCCC1OC. The summed E-state index contributed by atoms with van der Waals surface area (Å²) in [4.78, 5) is 27.1. The molecule has 2 amide bonds. The van der Waals surface area contributed by atoms with Crippen molar-refractivity contribution in [2.45, 2.75) is 77.1 Å². The molecular formula is C16H28N2O3. The number of ether oxygens (including phenoxy) is 1. The van der Waals surface area contributed by atoms with Crippen molar-refractivity contribution in [3.05, 3.63) is 0 Å². The summed E-state index contributed by atoms with van der Waals surface area (Å²) < 4.78 is 5.54. The van der Waals surface area contributed by atoms with Gasteiger partial charge in [0.25, 0.3) is 0 Å². The average molecular weight is 296 g/mol. The van der Waals surface area contributed by atoms with Gasteiger partial charge in [-0.25, -0.2) is 0 Å². The van der Waals surface area contributed by atoms with Crippen molar-refractivity contribution in [1.82, 2.24) is 10.2 Å². The van der Waals surface area contributed by atoms with Gasteiger partial charge in [-0.1, -0.05) is 20.8 Å². The molecule has 0 aromatic heterocycles. The Labute approximate surface area is 127 Å². The van der Waals surface area contributed by atoms with Crippen molar-refractivity contribution in [3.8, 4) is 0 Å². The first-order valence-electron chi connectivity index (χ1n) is 8.14. The van der Waals surface area contributed by atoms with E-state index in [1.165, 1.54) is 0 Å². The molecule has 1 saturated carbocycles. The largest absolute Gasteiger partial charge is 0.379 e. The van der Waals surface area contributed by atoms with E-state index in [-0.39, 0.29) is 36.0 Å². The third-order valence-electron chi connectivity index (χ3n) is 4.68. The number of amides is 2. The molecule has 2 fully saturated rings. The van der Waals surface area contributed by atoms with E-state index >= 15 is 0 Å². The van der Waals surface area contributed by atoms with Crippen LogP contribution in [0.1, 0.15) is 52.9 Å². The van der Waals surface area contributed by atoms with Crippen LogP contribution in [0, 0.1) is 5.92 Å². The van der Waals surface area contributed by atoms with Gasteiger partial charge in [0.1, 0.15) is 12.1 Å². The van der Waals surface area contributed by atoms with Gasteiger partial charge in [0.15, 0.2) is 0 Å². The molecule has 4 atom stereocenters. The molecule has 120 valence electrons. The third-order valence-corrected chi connectivity index (χ3v) is 4.68. The van der Waals surface area contributed by atoms with Crippen LogP contribution in [0.25, 0.3) is 0 Å². The summed E-state index contributed by atoms with van der Waals surface area (Å²) in [5, 5.41) is 2.91. The Balaban J connectivity index is 2.24. The summed E-state index contributed by atoms with van der Waals surface area (Å²) in [5.41, 5.74) is 0. The molecule has 0 spiro atoms. The topological polar surface area (TPSA) is 58.6 Å². The maximum Gasteiger partial charge on any atom is 0.246 e. The number of hydrogen-bond acceptors (Lipinski definition) is 3. The van der Waals surface area contributed by atoms with E-state index in [4.69, 9.17) is 4.74 Å². The Hall–Kier alpha value is -1.10. The van der Waals surface area contributed by atoms with Crippen molar-refractivity contribution in [2.24, 2.45) is 5.92 Å². The molecule has 21 heavy (non-hydrogen) atoms. The summed E-state index contributed by atoms with van der Waals surface area (Å²) in [5.74, 6) is 0.440. The molecule has 5 nitrogen and oxygen atoms in total. The summed E-state index contributed by atoms with van der Waals surface area (Å²) in [6.45, 7) is 6.11. The van der Waals surface area contributed by atoms with Gasteiger partial charge in [-0.3, -0.25) is 9.59 Å². The molecule has 2 aliphatic rings. The van der Waals surface area contributed by atoms with Gasteiger partial charge < -0.3 is 15.0 Å². The zero-order chi connectivity index (χ0) is 15.6. The van der Waals surface area contributed by atoms with E-state index < -0.39 is 0 Å². The number of piperazine rings is 1. The smallest absolute Gasteiger partial charge is 0.246 e. The predicted molar refractivity (Wildman–Crippen MR) is 80.7 cm³/mol. The van der Waals surface area contributed by atoms with Crippen molar-refractivity contribution in [3.63, 3.8) is 0 Å². The summed E-state index contributed by atoms with van der Waals surface area (Å²) in [6.07, 6.45) is 4.37. The minimum Gasteiger partial charge on any atom is -0.379 e. The number of carbonyl (C=O) groups is 2. The first-order valence-corrected chi connectivity index (χ1v) is 8.14. The molecule has 0 aromatic carbocycles. The molecule has 4 unspecified atom stereocenters. The van der Waals surface area contributed by atoms with Gasteiger partial charge in [-0.05, 0) is 38.0 Å². The first kappa shape index (κ1) is 16.3. The summed E-state index contributed by atoms with van der Waals surface area (Å²) >= 11 is 0. The van der Waals surface area contributed by atoms with Crippen LogP contribution in [0.15, 0.2) is 0 Å². The van der Waals surface area contributed by atoms with Crippen LogP contribution >= 0.6 is 0 Å². The number of nitrogens with zero attached hydrogens (tertiary/aromatic N) is 1. The lowest BCUT2D eigenvalue weighted by Gasteiger charge is -2.44. The predicted octanol–water partition coefficient (Wildman–Crippen LogP) is 1.71. The van der Waals surface area contributed by atoms with Gasteiger partial charge >= 0.3 is 0 Å². The van der Waals surface area contributed by atoms with Crippen LogP contribution in [-0.4, -0.2) is 48.1 Å². The molecule has 0 bridgehead atoms. The molecule has 1 aliphatic carbocycles. The Morgan fingerprint density at radius 3 is 2.62 bits per heavy atom. The Kier molecular flexibility index (Phi) is 5.25. The summed E-state index contributed by atoms with van der Waals surface area (Å²) in [6, 6.07) is -0.673. The van der Waals surface area contributed by atoms with E-state index in [1.807, 2.05) is 11.8 Å². The van der Waals surface area contributed by atoms with E-state index in [0.717, 1.165) is 19.3 Å². The highest BCUT2D eigenvalue weighted by Crippen LogP contribution is 2.31. The normalized spacial score (nSPS) is 33.7. The maximum atomic E-state index is 12.9. The van der Waals surface area contributed by atoms with E-state index in [1.54, 1.807) is 7.11 Å². The lowest BCUT2D eigenvalue weighted by molar-refractivity contribution is -0.155. The van der Waals surface area contributed by atoms with Gasteiger partial charge in [0.05, 0.1) is 12.1 Å². The highest BCUT2D eigenvalue weighted by Gasteiger charge is 2.46. The second-order valence-electron chi connectivity index (χ2n) is 6.63. The van der Waals surface area contributed by atoms with Crippen molar-refractivity contribution in [2.75, 3.05) is 7.11 Å². The van der Waals surface area contributed by atoms with Gasteiger partial charge in [-0.2, -0.15) is 0 Å². The second kappa shape index (κ2) is 6.77. The third kappa shape index (κ3) is 3.23. The van der Waals surface area contributed by atoms with Crippen molar-refractivity contribution in [1.29, 1.82) is 0 Å². The molecule has 1 saturated heterocycles. The molecule has 0 radical (unpaired) electrons. The molecular weight excluding hydrogens is 268 g/mol. The Morgan fingerprint density at radius 2 is 2.05 bits per heavy atom. The average Bonchev–Trinajstić information content (AvgIpc) is 2.89. The quantitative estimate of drug-likeness (QED) is 0.840. The fraction of sp³-hybridized carbons (Fsp3) is 0.875. The number of hydrogen-bond donors (Lipinski definition) is 1. The lowest BCUT2D eigenvalue weighted by atomic mass is 9.95. The van der Waals surface area contributed by atoms with Crippen LogP contribution < -0.4 is 5.32 Å². The van der Waals surface area contributed by atoms with E-state index in [2.05, 4.69) is 19.2 Å². The first-order chi connectivity index (χ1) is 9.99. The van der Waals surface area contributed by atoms with E-state index in [9.17, 15) is 9.59 Å². The van der Waals surface area contributed by atoms with Crippen LogP contribution in [0.4, 0.5) is 0 Å². The molecule has 5 heteroatoms. The van der Waals surface area contributed by atoms with Crippen LogP contribution in [0.5, 0.6) is 0 Å². The number of methoxy groups -OCH3 is 1. The zero-order valence-corrected chi connectivity index (χ0v) is 13.6. The minimum absolute atomic E-state index is 0.00972. The number of carbonyl (C=O) groups excluding carboxylic acids is 2. The van der Waals surface area contributed by atoms with E-state index in [0.29, 0.717) is 18.8 Å². The van der Waals surface area contributed by atoms with Gasteiger partial charge in [0, 0.05) is 7.11 Å².